The van der Waals surface area contributed by atoms with Crippen LogP contribution in [0.4, 0.5) is 9.52 Å². The molecule has 0 atom stereocenters. The van der Waals surface area contributed by atoms with E-state index in [1.807, 2.05) is 0 Å². The summed E-state index contributed by atoms with van der Waals surface area (Å²) in [5.41, 5.74) is 0.893. The smallest absolute Gasteiger partial charge is 0.258 e. The van der Waals surface area contributed by atoms with Crippen molar-refractivity contribution in [2.75, 3.05) is 11.9 Å². The summed E-state index contributed by atoms with van der Waals surface area (Å²) in [5.74, 6) is -1.04. The van der Waals surface area contributed by atoms with E-state index < -0.39 is 21.7 Å². The lowest BCUT2D eigenvalue weighted by atomic mass is 10.2. The van der Waals surface area contributed by atoms with Crippen molar-refractivity contribution in [3.05, 3.63) is 75.5 Å². The highest BCUT2D eigenvalue weighted by atomic mass is 35.5. The first-order chi connectivity index (χ1) is 13.8. The molecule has 29 heavy (non-hydrogen) atoms. The lowest BCUT2D eigenvalue weighted by Gasteiger charge is -2.25. The van der Waals surface area contributed by atoms with E-state index in [0.717, 1.165) is 22.7 Å². The van der Waals surface area contributed by atoms with Gasteiger partial charge in [-0.25, -0.2) is 17.8 Å². The Balaban J connectivity index is 1.52. The lowest BCUT2D eigenvalue weighted by Crippen LogP contribution is -2.35. The van der Waals surface area contributed by atoms with Crippen molar-refractivity contribution < 1.29 is 17.6 Å². The Labute approximate surface area is 176 Å². The second-order valence-corrected chi connectivity index (χ2v) is 9.80. The number of rotatable bonds is 4. The third-order valence-electron chi connectivity index (χ3n) is 4.47. The van der Waals surface area contributed by atoms with Gasteiger partial charge in [0, 0.05) is 17.8 Å². The fraction of sp³-hybridized carbons (Fsp3) is 0.158. The van der Waals surface area contributed by atoms with Crippen molar-refractivity contribution in [2.45, 2.75) is 17.9 Å². The van der Waals surface area contributed by atoms with Crippen molar-refractivity contribution in [1.29, 1.82) is 0 Å². The molecule has 1 amide bonds. The molecule has 3 aromatic rings. The zero-order valence-corrected chi connectivity index (χ0v) is 17.3. The minimum atomic E-state index is -3.60. The fourth-order valence-corrected chi connectivity index (χ4v) is 5.79. The summed E-state index contributed by atoms with van der Waals surface area (Å²) in [7, 11) is -3.60. The number of carbonyl (C=O) groups excluding carboxylic acids is 1. The standard InChI is InChI=1S/C19H15ClFN3O3S2/c20-15-10-12(21)6-7-14(15)18(25)23-19-22-16-8-9-24(11-17(16)28-19)29(26,27)13-4-2-1-3-5-13/h1-7,10H,8-9,11H2,(H,22,23,25). The molecule has 10 heteroatoms. The highest BCUT2D eigenvalue weighted by molar-refractivity contribution is 7.89. The van der Waals surface area contributed by atoms with Crippen LogP contribution in [-0.4, -0.2) is 30.2 Å². The van der Waals surface area contributed by atoms with E-state index in [1.54, 1.807) is 30.3 Å². The summed E-state index contributed by atoms with van der Waals surface area (Å²) in [6.07, 6.45) is 0.449. The molecule has 150 valence electrons. The maximum Gasteiger partial charge on any atom is 0.258 e. The molecule has 0 bridgehead atoms. The van der Waals surface area contributed by atoms with Crippen molar-refractivity contribution in [3.63, 3.8) is 0 Å². The number of amides is 1. The average Bonchev–Trinajstić information content (AvgIpc) is 3.09. The number of fused-ring (bicyclic) bond motifs is 1. The molecular weight excluding hydrogens is 437 g/mol. The fourth-order valence-electron chi connectivity index (χ4n) is 3.01. The second-order valence-electron chi connectivity index (χ2n) is 6.37. The van der Waals surface area contributed by atoms with E-state index in [2.05, 4.69) is 10.3 Å². The van der Waals surface area contributed by atoms with E-state index in [4.69, 9.17) is 11.6 Å². The summed E-state index contributed by atoms with van der Waals surface area (Å²) in [5, 5.41) is 3.00. The van der Waals surface area contributed by atoms with Gasteiger partial charge in [0.15, 0.2) is 5.13 Å². The number of nitrogens with one attached hydrogen (secondary N) is 1. The molecule has 1 aromatic heterocycles. The Morgan fingerprint density at radius 2 is 1.97 bits per heavy atom. The number of hydrogen-bond donors (Lipinski definition) is 1. The predicted molar refractivity (Wildman–Crippen MR) is 109 cm³/mol. The summed E-state index contributed by atoms with van der Waals surface area (Å²) < 4.78 is 40.2. The molecule has 1 aliphatic rings. The largest absolute Gasteiger partial charge is 0.298 e. The molecule has 2 aromatic carbocycles. The topological polar surface area (TPSA) is 79.4 Å². The molecular formula is C19H15ClFN3O3S2. The van der Waals surface area contributed by atoms with Crippen LogP contribution in [0.2, 0.25) is 5.02 Å². The van der Waals surface area contributed by atoms with Crippen molar-refractivity contribution in [1.82, 2.24) is 9.29 Å². The Morgan fingerprint density at radius 3 is 2.69 bits per heavy atom. The maximum atomic E-state index is 13.2. The molecule has 0 spiro atoms. The quantitative estimate of drug-likeness (QED) is 0.651. The SMILES string of the molecule is O=C(Nc1nc2c(s1)CN(S(=O)(=O)c1ccccc1)CC2)c1ccc(F)cc1Cl. The lowest BCUT2D eigenvalue weighted by molar-refractivity contribution is 0.102. The highest BCUT2D eigenvalue weighted by Gasteiger charge is 2.30. The van der Waals surface area contributed by atoms with Gasteiger partial charge in [-0.3, -0.25) is 10.1 Å². The van der Waals surface area contributed by atoms with Gasteiger partial charge in [0.1, 0.15) is 5.82 Å². The van der Waals surface area contributed by atoms with Gasteiger partial charge in [0.05, 0.1) is 27.7 Å². The normalized spacial score (nSPS) is 14.4. The Bertz CT molecular complexity index is 1180. The van der Waals surface area contributed by atoms with Gasteiger partial charge in [-0.05, 0) is 30.3 Å². The number of nitrogens with zero attached hydrogens (tertiary/aromatic N) is 2. The number of sulfonamides is 1. The van der Waals surface area contributed by atoms with Gasteiger partial charge >= 0.3 is 0 Å². The summed E-state index contributed by atoms with van der Waals surface area (Å²) in [4.78, 5) is 17.8. The van der Waals surface area contributed by atoms with Gasteiger partial charge in [-0.15, -0.1) is 11.3 Å². The molecule has 0 unspecified atom stereocenters. The predicted octanol–water partition coefficient (Wildman–Crippen LogP) is 3.93. The van der Waals surface area contributed by atoms with Crippen LogP contribution in [0.25, 0.3) is 0 Å². The van der Waals surface area contributed by atoms with E-state index in [1.165, 1.54) is 21.7 Å². The monoisotopic (exact) mass is 451 g/mol. The van der Waals surface area contributed by atoms with Crippen LogP contribution < -0.4 is 5.32 Å². The number of hydrogen-bond acceptors (Lipinski definition) is 5. The zero-order valence-electron chi connectivity index (χ0n) is 14.9. The number of thiazole rings is 1. The van der Waals surface area contributed by atoms with Crippen LogP contribution in [0.5, 0.6) is 0 Å². The molecule has 0 aliphatic carbocycles. The molecule has 0 radical (unpaired) electrons. The Kier molecular flexibility index (Phi) is 5.39. The Morgan fingerprint density at radius 1 is 1.21 bits per heavy atom. The molecule has 0 saturated heterocycles. The van der Waals surface area contributed by atoms with Gasteiger partial charge < -0.3 is 0 Å². The van der Waals surface area contributed by atoms with Crippen LogP contribution >= 0.6 is 22.9 Å². The molecule has 0 fully saturated rings. The second kappa shape index (κ2) is 7.83. The maximum absolute atomic E-state index is 13.2. The van der Waals surface area contributed by atoms with E-state index in [-0.39, 0.29) is 22.0 Å². The van der Waals surface area contributed by atoms with Crippen molar-refractivity contribution in [3.8, 4) is 0 Å². The van der Waals surface area contributed by atoms with Crippen LogP contribution in [0.15, 0.2) is 53.4 Å². The number of halogens is 2. The molecule has 1 aliphatic heterocycles. The highest BCUT2D eigenvalue weighted by Crippen LogP contribution is 2.31. The third-order valence-corrected chi connectivity index (χ3v) is 7.64. The van der Waals surface area contributed by atoms with Crippen LogP contribution in [0.3, 0.4) is 0 Å². The molecule has 2 heterocycles. The van der Waals surface area contributed by atoms with Gasteiger partial charge in [0.25, 0.3) is 5.91 Å². The minimum absolute atomic E-state index is 0.00366. The molecule has 1 N–H and O–H groups in total. The van der Waals surface area contributed by atoms with E-state index in [9.17, 15) is 17.6 Å². The van der Waals surface area contributed by atoms with Gasteiger partial charge in [-0.2, -0.15) is 4.31 Å². The number of aromatic nitrogens is 1. The number of carbonyl (C=O) groups is 1. The molecule has 0 saturated carbocycles. The summed E-state index contributed by atoms with van der Waals surface area (Å²) >= 11 is 7.14. The minimum Gasteiger partial charge on any atom is -0.298 e. The number of benzene rings is 2. The first-order valence-corrected chi connectivity index (χ1v) is 11.3. The molecule has 6 nitrogen and oxygen atoms in total. The van der Waals surface area contributed by atoms with Gasteiger partial charge in [0.2, 0.25) is 10.0 Å². The van der Waals surface area contributed by atoms with E-state index in [0.29, 0.717) is 18.1 Å². The van der Waals surface area contributed by atoms with E-state index >= 15 is 0 Å². The van der Waals surface area contributed by atoms with Crippen molar-refractivity contribution in [2.24, 2.45) is 0 Å². The third kappa shape index (κ3) is 4.04. The van der Waals surface area contributed by atoms with Gasteiger partial charge in [-0.1, -0.05) is 29.8 Å². The Hall–Kier alpha value is -2.33. The summed E-state index contributed by atoms with van der Waals surface area (Å²) in [6.45, 7) is 0.503. The summed E-state index contributed by atoms with van der Waals surface area (Å²) in [6, 6.07) is 11.8. The first-order valence-electron chi connectivity index (χ1n) is 8.65. The van der Waals surface area contributed by atoms with Crippen LogP contribution in [0, 0.1) is 5.82 Å². The number of anilines is 1. The first kappa shape index (κ1) is 20.0. The van der Waals surface area contributed by atoms with Crippen LogP contribution in [0.1, 0.15) is 20.9 Å². The van der Waals surface area contributed by atoms with Crippen molar-refractivity contribution >= 4 is 44.0 Å². The molecule has 4 rings (SSSR count). The zero-order chi connectivity index (χ0) is 20.6. The van der Waals surface area contributed by atoms with Crippen LogP contribution in [-0.2, 0) is 23.0 Å². The average molecular weight is 452 g/mol.